The van der Waals surface area contributed by atoms with Crippen molar-refractivity contribution >= 4 is 75.5 Å². The van der Waals surface area contributed by atoms with Crippen molar-refractivity contribution in [1.29, 1.82) is 0 Å². The van der Waals surface area contributed by atoms with Crippen LogP contribution in [0.1, 0.15) is 27.1 Å². The van der Waals surface area contributed by atoms with Gasteiger partial charge >= 0.3 is 33.2 Å². The molecule has 0 bridgehead atoms. The molecule has 0 fully saturated rings. The fourth-order valence-corrected chi connectivity index (χ4v) is 7.82. The van der Waals surface area contributed by atoms with Crippen molar-refractivity contribution in [3.63, 3.8) is 0 Å². The third-order valence-electron chi connectivity index (χ3n) is 7.45. The summed E-state index contributed by atoms with van der Waals surface area (Å²) in [6.45, 7) is -0.606. The van der Waals surface area contributed by atoms with Crippen LogP contribution in [0.4, 0.5) is 28.9 Å². The zero-order valence-corrected chi connectivity index (χ0v) is 28.5. The average molecular weight is 805 g/mol. The number of halogens is 4. The minimum absolute atomic E-state index is 0.150. The zero-order chi connectivity index (χ0) is 39.4. The van der Waals surface area contributed by atoms with Crippen molar-refractivity contribution in [2.24, 2.45) is 0 Å². The fourth-order valence-electron chi connectivity index (χ4n) is 5.22. The van der Waals surface area contributed by atoms with Crippen molar-refractivity contribution in [1.82, 2.24) is 4.72 Å². The summed E-state index contributed by atoms with van der Waals surface area (Å²) in [6.07, 6.45) is -0.446. The van der Waals surface area contributed by atoms with E-state index in [4.69, 9.17) is 20.4 Å². The van der Waals surface area contributed by atoms with Crippen LogP contribution in [0.15, 0.2) is 62.7 Å². The first-order valence-corrected chi connectivity index (χ1v) is 18.8. The van der Waals surface area contributed by atoms with Gasteiger partial charge in [-0.3, -0.25) is 9.11 Å². The van der Waals surface area contributed by atoms with Crippen molar-refractivity contribution in [3.8, 4) is 16.9 Å². The highest BCUT2D eigenvalue weighted by Gasteiger charge is 2.37. The number of anilines is 2. The number of sulfonamides is 1. The number of hydrogen-bond donors (Lipinski definition) is 6. The molecule has 16 nitrogen and oxygen atoms in total. The molecule has 5 rings (SSSR count). The summed E-state index contributed by atoms with van der Waals surface area (Å²) in [6, 6.07) is 6.28. The van der Waals surface area contributed by atoms with Crippen LogP contribution < -0.4 is 20.9 Å². The van der Waals surface area contributed by atoms with Gasteiger partial charge in [0.25, 0.3) is 20.1 Å². The summed E-state index contributed by atoms with van der Waals surface area (Å²) in [5.41, 5.74) is 6.61. The van der Waals surface area contributed by atoms with Gasteiger partial charge in [-0.1, -0.05) is 0 Å². The number of esters is 1. The molecular formula is C30H22F4N3O13S3+. The maximum absolute atomic E-state index is 14.3. The van der Waals surface area contributed by atoms with Crippen LogP contribution in [-0.2, 0) is 30.3 Å². The highest BCUT2D eigenvalue weighted by molar-refractivity contribution is 7.90. The molecule has 0 aliphatic heterocycles. The Balaban J connectivity index is 1.86. The topological polar surface area (TPSA) is 282 Å². The number of aromatic carboxylic acids is 1. The zero-order valence-electron chi connectivity index (χ0n) is 26.1. The number of carboxylic acids is 1. The summed E-state index contributed by atoms with van der Waals surface area (Å²) in [5, 5.41) is 9.40. The average Bonchev–Trinajstić information content (AvgIpc) is 3.05. The summed E-state index contributed by atoms with van der Waals surface area (Å²) < 4.78 is 162. The molecule has 53 heavy (non-hydrogen) atoms. The molecule has 0 saturated carbocycles. The Morgan fingerprint density at radius 2 is 1.34 bits per heavy atom. The molecule has 5 aromatic rings. The molecule has 0 radical (unpaired) electrons. The molecule has 0 amide bonds. The normalized spacial score (nSPS) is 12.3. The highest BCUT2D eigenvalue weighted by Crippen LogP contribution is 2.44. The number of nitrogens with two attached hydrogens (primary N) is 2. The number of ether oxygens (including phenoxy) is 1. The Hall–Kier alpha value is -5.46. The largest absolute Gasteiger partial charge is 0.478 e. The number of nitrogens with one attached hydrogen (secondary N) is 1. The van der Waals surface area contributed by atoms with E-state index < -0.39 is 145 Å². The molecule has 0 unspecified atom stereocenters. The number of hydrogen-bond acceptors (Lipinski definition) is 11. The van der Waals surface area contributed by atoms with E-state index in [1.807, 2.05) is 4.72 Å². The van der Waals surface area contributed by atoms with Crippen molar-refractivity contribution < 1.29 is 75.8 Å². The second-order valence-electron chi connectivity index (χ2n) is 11.0. The predicted octanol–water partition coefficient (Wildman–Crippen LogP) is 3.98. The van der Waals surface area contributed by atoms with Gasteiger partial charge in [-0.25, -0.2) is 35.9 Å². The molecule has 4 aromatic carbocycles. The second-order valence-corrected chi connectivity index (χ2v) is 15.6. The van der Waals surface area contributed by atoms with E-state index in [1.165, 1.54) is 0 Å². The molecule has 0 aliphatic carbocycles. The molecule has 0 spiro atoms. The van der Waals surface area contributed by atoms with Crippen LogP contribution in [0.2, 0.25) is 0 Å². The van der Waals surface area contributed by atoms with Crippen LogP contribution in [0, 0.1) is 23.3 Å². The summed E-state index contributed by atoms with van der Waals surface area (Å²) in [4.78, 5) is 23.6. The van der Waals surface area contributed by atoms with E-state index in [1.54, 1.807) is 0 Å². The van der Waals surface area contributed by atoms with Crippen LogP contribution >= 0.6 is 0 Å². The number of carbonyl (C=O) groups excluding carboxylic acids is 1. The lowest BCUT2D eigenvalue weighted by atomic mass is 9.91. The first-order chi connectivity index (χ1) is 24.5. The van der Waals surface area contributed by atoms with Crippen LogP contribution in [-0.4, -0.2) is 63.7 Å². The lowest BCUT2D eigenvalue weighted by Gasteiger charge is -2.14. The summed E-state index contributed by atoms with van der Waals surface area (Å²) >= 11 is 0. The highest BCUT2D eigenvalue weighted by atomic mass is 32.2. The maximum atomic E-state index is 14.3. The first kappa shape index (κ1) is 38.8. The van der Waals surface area contributed by atoms with Crippen molar-refractivity contribution in [3.05, 3.63) is 82.9 Å². The molecule has 0 atom stereocenters. The standard InChI is InChI=1S/C30H21F4N3O13S3/c31-17-11-18(32)23(34)26(22(17)33)50-30(40)12-2-3-13(29(38)39)16(10-12)21-14-4-6-19(35)27(52(44,45)37-8-1-9-51(41,42)43)24(14)49-25-15(21)5-7-20(36)28(25)53(46,47)48/h2-7,10-11,37H,1,8-9,35-36H2,(H2-,38,39,41,42,43,46,47,48)/p+1. The molecule has 1 heterocycles. The maximum Gasteiger partial charge on any atom is 0.384 e. The third kappa shape index (κ3) is 7.56. The SMILES string of the molecule is Nc1ccc2c(-c3cc(C(=O)Oc4c(F)c(F)cc(F)c4F)ccc3C(=O)O)c3ccc(N)c(S(=O)(=O)NCCCS(=O)(=O)O)c3[o+]c2c1S(=O)(=O)O. The van der Waals surface area contributed by atoms with E-state index in [0.29, 0.717) is 0 Å². The van der Waals surface area contributed by atoms with Gasteiger partial charge in [0.1, 0.15) is 0 Å². The van der Waals surface area contributed by atoms with Crippen molar-refractivity contribution in [2.75, 3.05) is 23.8 Å². The molecule has 1 aromatic heterocycles. The van der Waals surface area contributed by atoms with Gasteiger partial charge in [-0.2, -0.15) is 25.6 Å². The number of benzene rings is 4. The minimum Gasteiger partial charge on any atom is -0.478 e. The van der Waals surface area contributed by atoms with Crippen molar-refractivity contribution in [2.45, 2.75) is 16.2 Å². The number of carboxylic acid groups (broad SMARTS) is 1. The van der Waals surface area contributed by atoms with E-state index in [-0.39, 0.29) is 16.8 Å². The quantitative estimate of drug-likeness (QED) is 0.0127. The third-order valence-corrected chi connectivity index (χ3v) is 10.7. The Morgan fingerprint density at radius 1 is 0.792 bits per heavy atom. The Kier molecular flexibility index (Phi) is 10.1. The number of rotatable bonds is 11. The van der Waals surface area contributed by atoms with Crippen LogP contribution in [0.3, 0.4) is 0 Å². The van der Waals surface area contributed by atoms with E-state index >= 15 is 0 Å². The number of nitrogen functional groups attached to an aromatic ring is 2. The lowest BCUT2D eigenvalue weighted by Crippen LogP contribution is -2.27. The second kappa shape index (κ2) is 13.8. The summed E-state index contributed by atoms with van der Waals surface area (Å²) in [5.74, 6) is -14.1. The van der Waals surface area contributed by atoms with Gasteiger partial charge < -0.3 is 21.3 Å². The smallest absolute Gasteiger partial charge is 0.384 e. The number of carbonyl (C=O) groups is 2. The number of fused-ring (bicyclic) bond motifs is 2. The van der Waals surface area contributed by atoms with E-state index in [9.17, 15) is 62.1 Å². The molecule has 280 valence electrons. The van der Waals surface area contributed by atoms with Crippen LogP contribution in [0.5, 0.6) is 5.75 Å². The fraction of sp³-hybridized carbons (Fsp3) is 0.100. The van der Waals surface area contributed by atoms with E-state index in [0.717, 1.165) is 42.5 Å². The van der Waals surface area contributed by atoms with Gasteiger partial charge in [0, 0.05) is 18.2 Å². The Bertz CT molecular complexity index is 2720. The van der Waals surface area contributed by atoms with E-state index in [2.05, 4.69) is 4.74 Å². The molecule has 0 aliphatic rings. The summed E-state index contributed by atoms with van der Waals surface area (Å²) in [7, 11) is -14.7. The molecular weight excluding hydrogens is 783 g/mol. The van der Waals surface area contributed by atoms with Gasteiger partial charge in [0.2, 0.25) is 27.2 Å². The molecule has 8 N–H and O–H groups in total. The van der Waals surface area contributed by atoms with Gasteiger partial charge in [0.05, 0.1) is 39.0 Å². The predicted molar refractivity (Wildman–Crippen MR) is 177 cm³/mol. The van der Waals surface area contributed by atoms with Gasteiger partial charge in [-0.15, -0.1) is 0 Å². The Morgan fingerprint density at radius 3 is 1.87 bits per heavy atom. The Labute approximate surface area is 295 Å². The monoisotopic (exact) mass is 804 g/mol. The van der Waals surface area contributed by atoms with Gasteiger partial charge in [0.15, 0.2) is 11.6 Å². The van der Waals surface area contributed by atoms with Crippen LogP contribution in [0.25, 0.3) is 33.1 Å². The minimum atomic E-state index is -5.33. The first-order valence-electron chi connectivity index (χ1n) is 14.3. The molecule has 23 heteroatoms. The molecule has 0 saturated heterocycles. The lowest BCUT2D eigenvalue weighted by molar-refractivity contribution is 0.0690. The van der Waals surface area contributed by atoms with Gasteiger partial charge in [-0.05, 0) is 54.4 Å².